The molecule has 0 aliphatic heterocycles. The van der Waals surface area contributed by atoms with Crippen LogP contribution in [0.2, 0.25) is 0 Å². The van der Waals surface area contributed by atoms with Gasteiger partial charge in [-0.1, -0.05) is 0 Å². The van der Waals surface area contributed by atoms with Crippen molar-refractivity contribution < 1.29 is 0 Å². The number of hydrogen-bond donors (Lipinski definition) is 2. The Bertz CT molecular complexity index is 365. The van der Waals surface area contributed by atoms with Crippen LogP contribution in [0.1, 0.15) is 11.4 Å². The molecule has 2 rings (SSSR count). The summed E-state index contributed by atoms with van der Waals surface area (Å²) in [6.07, 6.45) is 3.47. The Hall–Kier alpha value is -1.36. The number of aromatic amines is 1. The van der Waals surface area contributed by atoms with E-state index < -0.39 is 0 Å². The third-order valence-electron chi connectivity index (χ3n) is 1.60. The quantitative estimate of drug-likeness (QED) is 0.783. The Morgan fingerprint density at radius 1 is 1.62 bits per heavy atom. The summed E-state index contributed by atoms with van der Waals surface area (Å²) in [6, 6.07) is 0. The van der Waals surface area contributed by atoms with Gasteiger partial charge < -0.3 is 10.3 Å². The fourth-order valence-electron chi connectivity index (χ4n) is 0.987. The highest BCUT2D eigenvalue weighted by atomic mass is 32.1. The van der Waals surface area contributed by atoms with Gasteiger partial charge >= 0.3 is 0 Å². The molecule has 2 aromatic rings. The summed E-state index contributed by atoms with van der Waals surface area (Å²) < 4.78 is 0. The maximum absolute atomic E-state index is 4.28. The van der Waals surface area contributed by atoms with Crippen molar-refractivity contribution in [2.24, 2.45) is 0 Å². The van der Waals surface area contributed by atoms with Crippen LogP contribution in [0.5, 0.6) is 0 Å². The van der Waals surface area contributed by atoms with E-state index in [4.69, 9.17) is 0 Å². The average molecular weight is 194 g/mol. The average Bonchev–Trinajstić information content (AvgIpc) is 2.71. The molecule has 68 valence electrons. The Kier molecular flexibility index (Phi) is 2.27. The summed E-state index contributed by atoms with van der Waals surface area (Å²) in [5, 5.41) is 6.18. The number of thiazole rings is 1. The van der Waals surface area contributed by atoms with Crippen LogP contribution in [0, 0.1) is 6.92 Å². The Morgan fingerprint density at radius 3 is 3.15 bits per heavy atom. The van der Waals surface area contributed by atoms with E-state index >= 15 is 0 Å². The molecule has 2 aromatic heterocycles. The van der Waals surface area contributed by atoms with Crippen LogP contribution < -0.4 is 5.32 Å². The molecule has 0 atom stereocenters. The summed E-state index contributed by atoms with van der Waals surface area (Å²) in [4.78, 5) is 11.2. The molecule has 0 saturated carbocycles. The van der Waals surface area contributed by atoms with E-state index in [1.165, 1.54) is 0 Å². The van der Waals surface area contributed by atoms with Gasteiger partial charge in [0.05, 0.1) is 24.3 Å². The molecule has 0 radical (unpaired) electrons. The van der Waals surface area contributed by atoms with E-state index in [1.54, 1.807) is 23.9 Å². The lowest BCUT2D eigenvalue weighted by atomic mass is 10.5. The fraction of sp³-hybridized carbons (Fsp3) is 0.250. The van der Waals surface area contributed by atoms with Crippen LogP contribution in [0.3, 0.4) is 0 Å². The van der Waals surface area contributed by atoms with Gasteiger partial charge in [-0.05, 0) is 6.92 Å². The third-order valence-corrected chi connectivity index (χ3v) is 2.52. The van der Waals surface area contributed by atoms with Crippen LogP contribution in [-0.4, -0.2) is 15.0 Å². The lowest BCUT2D eigenvalue weighted by Crippen LogP contribution is -1.98. The number of H-pyrrole nitrogens is 1. The Morgan fingerprint density at radius 2 is 2.54 bits per heavy atom. The van der Waals surface area contributed by atoms with Gasteiger partial charge in [-0.2, -0.15) is 0 Å². The fourth-order valence-corrected chi connectivity index (χ4v) is 1.67. The van der Waals surface area contributed by atoms with Gasteiger partial charge in [0.1, 0.15) is 0 Å². The molecule has 0 amide bonds. The highest BCUT2D eigenvalue weighted by Gasteiger charge is 1.97. The molecule has 13 heavy (non-hydrogen) atoms. The number of imidazole rings is 1. The third kappa shape index (κ3) is 2.06. The number of anilines is 1. The van der Waals surface area contributed by atoms with E-state index in [-0.39, 0.29) is 0 Å². The molecule has 0 aliphatic carbocycles. The van der Waals surface area contributed by atoms with Gasteiger partial charge in [0.25, 0.3) is 0 Å². The maximum Gasteiger partial charge on any atom is 0.183 e. The van der Waals surface area contributed by atoms with Gasteiger partial charge in [0.2, 0.25) is 0 Å². The first kappa shape index (κ1) is 8.25. The number of rotatable bonds is 3. The molecule has 0 aromatic carbocycles. The summed E-state index contributed by atoms with van der Waals surface area (Å²) in [5.74, 6) is 0. The van der Waals surface area contributed by atoms with Gasteiger partial charge in [-0.15, -0.1) is 11.3 Å². The van der Waals surface area contributed by atoms with Gasteiger partial charge in [0.15, 0.2) is 5.13 Å². The normalized spacial score (nSPS) is 10.2. The molecule has 0 saturated heterocycles. The van der Waals surface area contributed by atoms with Crippen molar-refractivity contribution in [3.63, 3.8) is 0 Å². The van der Waals surface area contributed by atoms with Crippen LogP contribution >= 0.6 is 11.3 Å². The van der Waals surface area contributed by atoms with E-state index in [1.807, 2.05) is 12.3 Å². The van der Waals surface area contributed by atoms with Crippen molar-refractivity contribution in [3.8, 4) is 0 Å². The van der Waals surface area contributed by atoms with Gasteiger partial charge in [0, 0.05) is 11.6 Å². The number of hydrogen-bond acceptors (Lipinski definition) is 4. The van der Waals surface area contributed by atoms with E-state index in [9.17, 15) is 0 Å². The van der Waals surface area contributed by atoms with Gasteiger partial charge in [-0.3, -0.25) is 0 Å². The zero-order chi connectivity index (χ0) is 9.10. The number of aryl methyl sites for hydroxylation is 1. The molecule has 0 fully saturated rings. The second-order valence-corrected chi connectivity index (χ2v) is 3.58. The number of aromatic nitrogens is 3. The standard InChI is InChI=1S/C8H10N4S/c1-6-4-13-8(12-6)10-3-7-2-9-5-11-7/h2,4-5H,3H2,1H3,(H,9,11)(H,10,12). The highest BCUT2D eigenvalue weighted by molar-refractivity contribution is 7.13. The first-order valence-corrected chi connectivity index (χ1v) is 4.86. The Balaban J connectivity index is 1.93. The first-order valence-electron chi connectivity index (χ1n) is 3.98. The number of nitrogens with zero attached hydrogens (tertiary/aromatic N) is 2. The zero-order valence-corrected chi connectivity index (χ0v) is 8.06. The van der Waals surface area contributed by atoms with Crippen molar-refractivity contribution in [2.75, 3.05) is 5.32 Å². The monoisotopic (exact) mass is 194 g/mol. The molecule has 0 unspecified atom stereocenters. The summed E-state index contributed by atoms with van der Waals surface area (Å²) in [6.45, 7) is 2.73. The van der Waals surface area contributed by atoms with Crippen molar-refractivity contribution >= 4 is 16.5 Å². The molecule has 0 bridgehead atoms. The molecular weight excluding hydrogens is 184 g/mol. The van der Waals surface area contributed by atoms with Crippen LogP contribution in [0.4, 0.5) is 5.13 Å². The van der Waals surface area contributed by atoms with Crippen LogP contribution in [0.25, 0.3) is 0 Å². The Labute approximate surface area is 80.1 Å². The van der Waals surface area contributed by atoms with Crippen molar-refractivity contribution in [1.29, 1.82) is 0 Å². The largest absolute Gasteiger partial charge is 0.356 e. The van der Waals surface area contributed by atoms with Crippen molar-refractivity contribution in [1.82, 2.24) is 15.0 Å². The van der Waals surface area contributed by atoms with Crippen LogP contribution in [0.15, 0.2) is 17.9 Å². The number of nitrogens with one attached hydrogen (secondary N) is 2. The van der Waals surface area contributed by atoms with Crippen molar-refractivity contribution in [3.05, 3.63) is 29.3 Å². The van der Waals surface area contributed by atoms with E-state index in [0.29, 0.717) is 0 Å². The minimum atomic E-state index is 0.743. The molecule has 2 heterocycles. The molecule has 2 N–H and O–H groups in total. The van der Waals surface area contributed by atoms with E-state index in [2.05, 4.69) is 20.3 Å². The minimum absolute atomic E-state index is 0.743. The smallest absolute Gasteiger partial charge is 0.183 e. The summed E-state index contributed by atoms with van der Waals surface area (Å²) >= 11 is 1.61. The molecular formula is C8H10N4S. The zero-order valence-electron chi connectivity index (χ0n) is 7.24. The molecule has 5 heteroatoms. The van der Waals surface area contributed by atoms with Gasteiger partial charge in [-0.25, -0.2) is 9.97 Å². The van der Waals surface area contributed by atoms with Crippen molar-refractivity contribution in [2.45, 2.75) is 13.5 Å². The second kappa shape index (κ2) is 3.57. The van der Waals surface area contributed by atoms with E-state index in [0.717, 1.165) is 23.1 Å². The van der Waals surface area contributed by atoms with Crippen LogP contribution in [-0.2, 0) is 6.54 Å². The molecule has 4 nitrogen and oxygen atoms in total. The lowest BCUT2D eigenvalue weighted by Gasteiger charge is -1.98. The summed E-state index contributed by atoms with van der Waals surface area (Å²) in [7, 11) is 0. The lowest BCUT2D eigenvalue weighted by molar-refractivity contribution is 1.06. The highest BCUT2D eigenvalue weighted by Crippen LogP contribution is 2.14. The summed E-state index contributed by atoms with van der Waals surface area (Å²) in [5.41, 5.74) is 2.12. The molecule has 0 spiro atoms. The first-order chi connectivity index (χ1) is 6.34. The SMILES string of the molecule is Cc1csc(NCc2cnc[nH]2)n1. The topological polar surface area (TPSA) is 53.6 Å². The second-order valence-electron chi connectivity index (χ2n) is 2.72. The maximum atomic E-state index is 4.28. The molecule has 0 aliphatic rings. The predicted molar refractivity (Wildman–Crippen MR) is 52.8 cm³/mol. The predicted octanol–water partition coefficient (Wildman–Crippen LogP) is 1.79. The minimum Gasteiger partial charge on any atom is -0.356 e.